The van der Waals surface area contributed by atoms with E-state index < -0.39 is 5.91 Å². The third-order valence-corrected chi connectivity index (χ3v) is 7.30. The maximum Gasteiger partial charge on any atom is 0.283 e. The number of hydrogen-bond acceptors (Lipinski definition) is 6. The Morgan fingerprint density at radius 2 is 1.97 bits per heavy atom. The van der Waals surface area contributed by atoms with Gasteiger partial charge in [0.15, 0.2) is 10.9 Å². The summed E-state index contributed by atoms with van der Waals surface area (Å²) in [5, 5.41) is 18.9. The summed E-state index contributed by atoms with van der Waals surface area (Å²) < 4.78 is 5.96. The lowest BCUT2D eigenvalue weighted by atomic mass is 10.1. The molecule has 2 aromatic carbocycles. The monoisotopic (exact) mass is 474 g/mol. The topological polar surface area (TPSA) is 82.0 Å². The molecule has 3 aromatic rings. The van der Waals surface area contributed by atoms with Crippen molar-refractivity contribution in [3.63, 3.8) is 0 Å². The number of fused-ring (bicyclic) bond motifs is 2. The lowest BCUT2D eigenvalue weighted by Crippen LogP contribution is -2.35. The quantitative estimate of drug-likeness (QED) is 0.301. The van der Waals surface area contributed by atoms with Crippen LogP contribution in [0.25, 0.3) is 16.8 Å². The molecule has 2 aliphatic heterocycles. The van der Waals surface area contributed by atoms with Gasteiger partial charge in [0.2, 0.25) is 5.17 Å². The van der Waals surface area contributed by atoms with Gasteiger partial charge in [-0.05, 0) is 59.7 Å². The molecule has 0 radical (unpaired) electrons. The Kier molecular flexibility index (Phi) is 6.20. The van der Waals surface area contributed by atoms with Gasteiger partial charge in [-0.2, -0.15) is 15.1 Å². The zero-order chi connectivity index (χ0) is 22.8. The number of furan rings is 1. The maximum absolute atomic E-state index is 12.6. The van der Waals surface area contributed by atoms with Crippen molar-refractivity contribution >= 4 is 62.3 Å². The van der Waals surface area contributed by atoms with Crippen LogP contribution in [0.1, 0.15) is 38.4 Å². The second-order valence-electron chi connectivity index (χ2n) is 7.71. The van der Waals surface area contributed by atoms with E-state index >= 15 is 0 Å². The van der Waals surface area contributed by atoms with Crippen LogP contribution < -0.4 is 0 Å². The van der Waals surface area contributed by atoms with E-state index in [9.17, 15) is 4.79 Å². The number of thioether (sulfide) groups is 1. The summed E-state index contributed by atoms with van der Waals surface area (Å²) in [6.07, 6.45) is 5.71. The average molecular weight is 475 g/mol. The highest BCUT2D eigenvalue weighted by Crippen LogP contribution is 2.35. The molecule has 5 rings (SSSR count). The summed E-state index contributed by atoms with van der Waals surface area (Å²) in [7, 11) is 0. The van der Waals surface area contributed by atoms with E-state index in [2.05, 4.69) is 41.3 Å². The minimum absolute atomic E-state index is 0.0302. The van der Waals surface area contributed by atoms with Crippen LogP contribution in [0.4, 0.5) is 0 Å². The average Bonchev–Trinajstić information content (AvgIpc) is 3.44. The molecule has 0 unspecified atom stereocenters. The van der Waals surface area contributed by atoms with Crippen LogP contribution in [0.3, 0.4) is 0 Å². The Labute approximate surface area is 200 Å². The lowest BCUT2D eigenvalue weighted by Gasteiger charge is -2.19. The van der Waals surface area contributed by atoms with Gasteiger partial charge in [-0.3, -0.25) is 10.2 Å². The Bertz CT molecular complexity index is 1330. The van der Waals surface area contributed by atoms with Crippen molar-refractivity contribution < 1.29 is 9.21 Å². The number of carbonyl (C=O) groups excluding carboxylic acids is 1. The van der Waals surface area contributed by atoms with Crippen molar-refractivity contribution in [3.8, 4) is 0 Å². The second-order valence-corrected chi connectivity index (χ2v) is 9.79. The van der Waals surface area contributed by atoms with Crippen molar-refractivity contribution in [2.24, 2.45) is 10.1 Å². The zero-order valence-electron chi connectivity index (χ0n) is 18.1. The number of benzene rings is 2. The van der Waals surface area contributed by atoms with Crippen molar-refractivity contribution in [3.05, 3.63) is 65.9 Å². The van der Waals surface area contributed by atoms with Crippen LogP contribution in [0.5, 0.6) is 0 Å². The zero-order valence-corrected chi connectivity index (χ0v) is 19.7. The van der Waals surface area contributed by atoms with Crippen molar-refractivity contribution in [1.82, 2.24) is 5.01 Å². The summed E-state index contributed by atoms with van der Waals surface area (Å²) in [6, 6.07) is 18.1. The molecule has 33 heavy (non-hydrogen) atoms. The first kappa shape index (κ1) is 21.7. The number of aliphatic imine (C=N–C) groups is 1. The number of nitrogens with one attached hydrogen (secondary N) is 1. The number of amides is 1. The molecule has 6 nitrogen and oxygen atoms in total. The van der Waals surface area contributed by atoms with E-state index in [1.807, 2.05) is 24.3 Å². The Hall–Kier alpha value is -3.10. The third-order valence-electron chi connectivity index (χ3n) is 5.34. The number of amidine groups is 2. The van der Waals surface area contributed by atoms with E-state index in [1.54, 1.807) is 12.1 Å². The molecule has 1 aromatic heterocycles. The van der Waals surface area contributed by atoms with E-state index in [-0.39, 0.29) is 11.4 Å². The van der Waals surface area contributed by atoms with Gasteiger partial charge in [-0.15, -0.1) is 0 Å². The summed E-state index contributed by atoms with van der Waals surface area (Å²) in [5.41, 5.74) is 0.175. The fourth-order valence-electron chi connectivity index (χ4n) is 3.66. The minimum Gasteiger partial charge on any atom is -0.450 e. The van der Waals surface area contributed by atoms with Gasteiger partial charge in [-0.25, -0.2) is 0 Å². The van der Waals surface area contributed by atoms with Crippen LogP contribution in [-0.4, -0.2) is 27.0 Å². The predicted octanol–water partition coefficient (Wildman–Crippen LogP) is 6.78. The van der Waals surface area contributed by atoms with Crippen molar-refractivity contribution in [2.45, 2.75) is 42.6 Å². The largest absolute Gasteiger partial charge is 0.450 e. The van der Waals surface area contributed by atoms with E-state index in [0.29, 0.717) is 16.0 Å². The molecular formula is C25H22N4O2S2. The van der Waals surface area contributed by atoms with E-state index in [1.165, 1.54) is 33.9 Å². The number of hydrogen-bond donors (Lipinski definition) is 1. The molecule has 0 saturated carbocycles. The smallest absolute Gasteiger partial charge is 0.283 e. The summed E-state index contributed by atoms with van der Waals surface area (Å²) in [5.74, 6) is 0.0922. The van der Waals surface area contributed by atoms with Gasteiger partial charge in [0.25, 0.3) is 5.91 Å². The highest BCUT2D eigenvalue weighted by molar-refractivity contribution is 8.26. The Morgan fingerprint density at radius 1 is 1.12 bits per heavy atom. The van der Waals surface area contributed by atoms with Gasteiger partial charge >= 0.3 is 0 Å². The standard InChI is InChI=1S/C25H22N4O2S2/c1-2-3-4-12-21-28-29-23(26)19(24(30)27-25(29)33-21)15-17-13-14-22(31-17)32-20-11-7-9-16-8-5-6-10-18(16)20/h5-11,13-15,26H,2-4,12H2,1H3/b19-15+,26-23?. The molecule has 2 aliphatic rings. The summed E-state index contributed by atoms with van der Waals surface area (Å²) in [4.78, 5) is 17.9. The molecular weight excluding hydrogens is 452 g/mol. The minimum atomic E-state index is -0.441. The van der Waals surface area contributed by atoms with Crippen LogP contribution in [0, 0.1) is 5.41 Å². The summed E-state index contributed by atoms with van der Waals surface area (Å²) >= 11 is 2.91. The number of rotatable bonds is 7. The maximum atomic E-state index is 12.6. The molecule has 1 amide bonds. The van der Waals surface area contributed by atoms with Crippen molar-refractivity contribution in [1.29, 1.82) is 5.41 Å². The third kappa shape index (κ3) is 4.54. The molecule has 0 aliphatic carbocycles. The Morgan fingerprint density at radius 3 is 2.85 bits per heavy atom. The molecule has 8 heteroatoms. The lowest BCUT2D eigenvalue weighted by molar-refractivity contribution is -0.114. The second kappa shape index (κ2) is 9.41. The van der Waals surface area contributed by atoms with E-state index in [4.69, 9.17) is 9.83 Å². The van der Waals surface area contributed by atoms with Crippen LogP contribution in [0.15, 0.2) is 84.7 Å². The van der Waals surface area contributed by atoms with Crippen LogP contribution >= 0.6 is 23.5 Å². The first-order valence-corrected chi connectivity index (χ1v) is 12.5. The molecule has 1 N–H and O–H groups in total. The number of nitrogens with zero attached hydrogens (tertiary/aromatic N) is 3. The fourth-order valence-corrected chi connectivity index (χ4v) is 5.52. The first-order valence-electron chi connectivity index (χ1n) is 10.9. The molecule has 3 heterocycles. The van der Waals surface area contributed by atoms with Gasteiger partial charge < -0.3 is 4.42 Å². The molecule has 0 spiro atoms. The molecule has 0 atom stereocenters. The number of unbranched alkanes of at least 4 members (excludes halogenated alkanes) is 2. The Balaban J connectivity index is 1.35. The van der Waals surface area contributed by atoms with Gasteiger partial charge in [0.1, 0.15) is 10.8 Å². The SMILES string of the molecule is CCCCCC1=NN2C(=N)/C(=C\c3ccc(Sc4cccc5ccccc45)o3)C(=O)N=C2S1. The van der Waals surface area contributed by atoms with E-state index in [0.717, 1.165) is 41.0 Å². The first-order chi connectivity index (χ1) is 16.1. The molecule has 0 fully saturated rings. The molecule has 0 saturated heterocycles. The summed E-state index contributed by atoms with van der Waals surface area (Å²) in [6.45, 7) is 2.16. The molecule has 166 valence electrons. The van der Waals surface area contributed by atoms with Gasteiger partial charge in [0, 0.05) is 4.90 Å². The van der Waals surface area contributed by atoms with Gasteiger partial charge in [0.05, 0.1) is 5.57 Å². The number of carbonyl (C=O) groups is 1. The fraction of sp³-hybridized carbons (Fsp3) is 0.200. The highest BCUT2D eigenvalue weighted by atomic mass is 32.2. The normalized spacial score (nSPS) is 17.0. The van der Waals surface area contributed by atoms with Crippen LogP contribution in [-0.2, 0) is 4.79 Å². The molecule has 0 bridgehead atoms. The van der Waals surface area contributed by atoms with Crippen molar-refractivity contribution in [2.75, 3.05) is 0 Å². The van der Waals surface area contributed by atoms with Gasteiger partial charge in [-0.1, -0.05) is 67.9 Å². The predicted molar refractivity (Wildman–Crippen MR) is 136 cm³/mol. The highest BCUT2D eigenvalue weighted by Gasteiger charge is 2.35. The number of hydrazone groups is 1. The van der Waals surface area contributed by atoms with Crippen LogP contribution in [0.2, 0.25) is 0 Å².